The third-order valence-electron chi connectivity index (χ3n) is 12.8. The van der Waals surface area contributed by atoms with Gasteiger partial charge in [0.25, 0.3) is 0 Å². The van der Waals surface area contributed by atoms with E-state index in [9.17, 15) is 0 Å². The largest absolute Gasteiger partial charge is 0.208 e. The maximum absolute atomic E-state index is 5.16. The Morgan fingerprint density at radius 1 is 0.333 bits per heavy atom. The van der Waals surface area contributed by atoms with Crippen LogP contribution in [-0.4, -0.2) is 23.0 Å². The van der Waals surface area contributed by atoms with Gasteiger partial charge in [-0.2, -0.15) is 0 Å². The summed E-state index contributed by atoms with van der Waals surface area (Å²) >= 11 is 0. The molecule has 63 heavy (non-hydrogen) atoms. The summed E-state index contributed by atoms with van der Waals surface area (Å²) in [7, 11) is -1.63. The van der Waals surface area contributed by atoms with Crippen LogP contribution in [0.3, 0.4) is 0 Å². The SMILES string of the molecule is C[Si](C)(C)c1ccc2c(c1)C(c1ccccc1)(c1ccccc1)c1cc(-c3cccc(-c4cccc(-c5nc(-c6ccccc6)nc(-c6cccc7ccccc67)n5)c4)c3)ccc1-2. The molecule has 0 saturated heterocycles. The standard InChI is InChI=1S/C59H45N3Si/c1-63(2,3)49-33-35-52-51-34-32-45(38-54(51)59(55(52)39-49,47-26-9-5-10-27-47)48-28-11-6-12-29-48)43-23-15-22-42(36-43)44-24-16-25-46(37-44)57-60-56(41-19-7-4-8-20-41)61-58(62-57)53-31-17-21-40-18-13-14-30-50(40)53/h4-39H,1-3H3. The monoisotopic (exact) mass is 823 g/mol. The topological polar surface area (TPSA) is 38.7 Å². The molecule has 4 heteroatoms. The normalized spacial score (nSPS) is 12.8. The van der Waals surface area contributed by atoms with E-state index < -0.39 is 13.5 Å². The van der Waals surface area contributed by atoms with Crippen LogP contribution < -0.4 is 5.19 Å². The summed E-state index contributed by atoms with van der Waals surface area (Å²) in [5.41, 5.74) is 14.8. The van der Waals surface area contributed by atoms with Gasteiger partial charge in [-0.1, -0.05) is 225 Å². The fourth-order valence-electron chi connectivity index (χ4n) is 9.61. The second kappa shape index (κ2) is 15.4. The quantitative estimate of drug-likeness (QED) is 0.143. The summed E-state index contributed by atoms with van der Waals surface area (Å²) in [5, 5.41) is 3.73. The lowest BCUT2D eigenvalue weighted by molar-refractivity contribution is 0.769. The molecule has 9 aromatic carbocycles. The van der Waals surface area contributed by atoms with Crippen molar-refractivity contribution in [2.45, 2.75) is 25.1 Å². The molecule has 0 aliphatic heterocycles. The Kier molecular flexibility index (Phi) is 9.40. The molecular formula is C59H45N3Si. The van der Waals surface area contributed by atoms with Crippen molar-refractivity contribution in [2.24, 2.45) is 0 Å². The smallest absolute Gasteiger partial charge is 0.164 e. The van der Waals surface area contributed by atoms with Gasteiger partial charge in [0.1, 0.15) is 0 Å². The lowest BCUT2D eigenvalue weighted by atomic mass is 9.67. The molecule has 0 N–H and O–H groups in total. The van der Waals surface area contributed by atoms with Crippen molar-refractivity contribution in [2.75, 3.05) is 0 Å². The van der Waals surface area contributed by atoms with E-state index in [-0.39, 0.29) is 0 Å². The van der Waals surface area contributed by atoms with Crippen LogP contribution in [0.5, 0.6) is 0 Å². The average molecular weight is 824 g/mol. The molecule has 0 fully saturated rings. The van der Waals surface area contributed by atoms with Crippen LogP contribution in [0.4, 0.5) is 0 Å². The van der Waals surface area contributed by atoms with Crippen molar-refractivity contribution in [3.8, 4) is 67.5 Å². The molecule has 0 unspecified atom stereocenters. The zero-order chi connectivity index (χ0) is 42.5. The van der Waals surface area contributed by atoms with Crippen molar-refractivity contribution >= 4 is 24.0 Å². The van der Waals surface area contributed by atoms with Gasteiger partial charge in [-0.05, 0) is 84.6 Å². The first kappa shape index (κ1) is 38.4. The number of rotatable bonds is 8. The summed E-state index contributed by atoms with van der Waals surface area (Å²) in [6, 6.07) is 79.1. The third-order valence-corrected chi connectivity index (χ3v) is 14.8. The molecule has 1 aromatic heterocycles. The fraction of sp³-hybridized carbons (Fsp3) is 0.0678. The van der Waals surface area contributed by atoms with Crippen LogP contribution in [0.25, 0.3) is 78.3 Å². The van der Waals surface area contributed by atoms with Crippen molar-refractivity contribution in [1.82, 2.24) is 15.0 Å². The van der Waals surface area contributed by atoms with E-state index in [0.29, 0.717) is 17.5 Å². The minimum Gasteiger partial charge on any atom is -0.208 e. The van der Waals surface area contributed by atoms with E-state index >= 15 is 0 Å². The molecule has 1 heterocycles. The summed E-state index contributed by atoms with van der Waals surface area (Å²) in [4.78, 5) is 15.3. The summed E-state index contributed by atoms with van der Waals surface area (Å²) in [6.45, 7) is 7.33. The van der Waals surface area contributed by atoms with Crippen molar-refractivity contribution in [1.29, 1.82) is 0 Å². The van der Waals surface area contributed by atoms with Crippen molar-refractivity contribution in [3.63, 3.8) is 0 Å². The molecule has 1 aliphatic carbocycles. The Morgan fingerprint density at radius 3 is 1.44 bits per heavy atom. The minimum absolute atomic E-state index is 0.473. The lowest BCUT2D eigenvalue weighted by Crippen LogP contribution is -2.39. The first-order valence-electron chi connectivity index (χ1n) is 21.8. The highest BCUT2D eigenvalue weighted by molar-refractivity contribution is 6.88. The molecule has 0 atom stereocenters. The van der Waals surface area contributed by atoms with E-state index in [4.69, 9.17) is 15.0 Å². The second-order valence-corrected chi connectivity index (χ2v) is 22.7. The Bertz CT molecular complexity index is 3270. The molecule has 1 aliphatic rings. The Labute approximate surface area is 370 Å². The maximum atomic E-state index is 5.16. The molecule has 0 spiro atoms. The zero-order valence-electron chi connectivity index (χ0n) is 35.6. The molecule has 300 valence electrons. The van der Waals surface area contributed by atoms with Crippen LogP contribution in [-0.2, 0) is 5.41 Å². The molecule has 0 amide bonds. The first-order chi connectivity index (χ1) is 30.8. The van der Waals surface area contributed by atoms with Crippen LogP contribution in [0.15, 0.2) is 218 Å². The first-order valence-corrected chi connectivity index (χ1v) is 25.3. The number of benzene rings is 9. The van der Waals surface area contributed by atoms with E-state index in [2.05, 4.69) is 220 Å². The molecule has 10 aromatic rings. The van der Waals surface area contributed by atoms with E-state index in [1.165, 1.54) is 49.7 Å². The van der Waals surface area contributed by atoms with Gasteiger partial charge in [0.15, 0.2) is 17.5 Å². The molecular weight excluding hydrogens is 779 g/mol. The van der Waals surface area contributed by atoms with Crippen LogP contribution in [0, 0.1) is 0 Å². The van der Waals surface area contributed by atoms with Crippen molar-refractivity contribution in [3.05, 3.63) is 241 Å². The Hall–Kier alpha value is -7.53. The number of nitrogens with zero attached hydrogens (tertiary/aromatic N) is 3. The zero-order valence-corrected chi connectivity index (χ0v) is 36.6. The number of hydrogen-bond acceptors (Lipinski definition) is 3. The maximum Gasteiger partial charge on any atom is 0.164 e. The van der Waals surface area contributed by atoms with Gasteiger partial charge >= 0.3 is 0 Å². The highest BCUT2D eigenvalue weighted by Gasteiger charge is 2.46. The van der Waals surface area contributed by atoms with Crippen LogP contribution in [0.2, 0.25) is 19.6 Å². The lowest BCUT2D eigenvalue weighted by Gasteiger charge is -2.35. The van der Waals surface area contributed by atoms with Crippen LogP contribution >= 0.6 is 0 Å². The number of fused-ring (bicyclic) bond motifs is 4. The predicted octanol–water partition coefficient (Wildman–Crippen LogP) is 14.3. The van der Waals surface area contributed by atoms with Crippen LogP contribution in [0.1, 0.15) is 22.3 Å². The molecule has 0 saturated carbocycles. The minimum atomic E-state index is -1.63. The molecule has 0 bridgehead atoms. The second-order valence-electron chi connectivity index (χ2n) is 17.6. The van der Waals surface area contributed by atoms with Crippen molar-refractivity contribution < 1.29 is 0 Å². The number of aromatic nitrogens is 3. The Morgan fingerprint density at radius 2 is 0.794 bits per heavy atom. The van der Waals surface area contributed by atoms with Gasteiger partial charge in [0.05, 0.1) is 13.5 Å². The Balaban J connectivity index is 1.03. The third kappa shape index (κ3) is 6.71. The highest BCUT2D eigenvalue weighted by Crippen LogP contribution is 2.56. The van der Waals surface area contributed by atoms with Gasteiger partial charge in [-0.3, -0.25) is 0 Å². The predicted molar refractivity (Wildman–Crippen MR) is 265 cm³/mol. The van der Waals surface area contributed by atoms with Gasteiger partial charge < -0.3 is 0 Å². The van der Waals surface area contributed by atoms with Gasteiger partial charge in [-0.25, -0.2) is 15.0 Å². The summed E-state index contributed by atoms with van der Waals surface area (Å²) in [6.07, 6.45) is 0. The van der Waals surface area contributed by atoms with E-state index in [1.807, 2.05) is 18.2 Å². The summed E-state index contributed by atoms with van der Waals surface area (Å²) in [5.74, 6) is 1.94. The summed E-state index contributed by atoms with van der Waals surface area (Å²) < 4.78 is 0. The molecule has 3 nitrogen and oxygen atoms in total. The van der Waals surface area contributed by atoms with Gasteiger partial charge in [-0.15, -0.1) is 0 Å². The fourth-order valence-corrected chi connectivity index (χ4v) is 10.8. The average Bonchev–Trinajstić information content (AvgIpc) is 3.64. The highest BCUT2D eigenvalue weighted by atomic mass is 28.3. The van der Waals surface area contributed by atoms with Gasteiger partial charge in [0, 0.05) is 16.7 Å². The van der Waals surface area contributed by atoms with E-state index in [1.54, 1.807) is 0 Å². The molecule has 0 radical (unpaired) electrons. The molecule has 11 rings (SSSR count). The number of hydrogen-bond donors (Lipinski definition) is 0. The van der Waals surface area contributed by atoms with E-state index in [0.717, 1.165) is 38.6 Å². The van der Waals surface area contributed by atoms with Gasteiger partial charge in [0.2, 0.25) is 0 Å².